The average Bonchev–Trinajstić information content (AvgIpc) is 3.08. The molecule has 4 rings (SSSR count). The van der Waals surface area contributed by atoms with Gasteiger partial charge < -0.3 is 9.51 Å². The van der Waals surface area contributed by atoms with Crippen molar-refractivity contribution < 1.29 is 14.8 Å². The Morgan fingerprint density at radius 2 is 2.03 bits per heavy atom. The van der Waals surface area contributed by atoms with E-state index in [4.69, 9.17) is 4.98 Å². The second kappa shape index (κ2) is 7.63. The molecule has 0 spiro atoms. The molecule has 0 atom stereocenters. The normalized spacial score (nSPS) is 15.6. The summed E-state index contributed by atoms with van der Waals surface area (Å²) in [5.41, 5.74) is 4.27. The highest BCUT2D eigenvalue weighted by molar-refractivity contribution is 5.70. The van der Waals surface area contributed by atoms with Gasteiger partial charge in [-0.1, -0.05) is 18.2 Å². The number of imidazole rings is 1. The van der Waals surface area contributed by atoms with Gasteiger partial charge in [0.1, 0.15) is 5.65 Å². The summed E-state index contributed by atoms with van der Waals surface area (Å²) in [5.74, 6) is -1.01. The quantitative estimate of drug-likeness (QED) is 0.525. The first-order chi connectivity index (χ1) is 13.9. The van der Waals surface area contributed by atoms with E-state index in [9.17, 15) is 20.0 Å². The van der Waals surface area contributed by atoms with Gasteiger partial charge in [-0.15, -0.1) is 0 Å². The van der Waals surface area contributed by atoms with Crippen LogP contribution in [0.25, 0.3) is 16.9 Å². The Bertz CT molecular complexity index is 1080. The van der Waals surface area contributed by atoms with Gasteiger partial charge in [-0.3, -0.25) is 19.8 Å². The minimum atomic E-state index is -0.729. The lowest BCUT2D eigenvalue weighted by molar-refractivity contribution is -0.384. The van der Waals surface area contributed by atoms with Gasteiger partial charge in [0, 0.05) is 30.4 Å². The van der Waals surface area contributed by atoms with Crippen LogP contribution < -0.4 is 0 Å². The van der Waals surface area contributed by atoms with Gasteiger partial charge in [-0.05, 0) is 44.5 Å². The van der Waals surface area contributed by atoms with E-state index in [1.165, 1.54) is 6.07 Å². The third-order valence-electron chi connectivity index (χ3n) is 5.58. The predicted molar refractivity (Wildman–Crippen MR) is 108 cm³/mol. The van der Waals surface area contributed by atoms with E-state index < -0.39 is 10.9 Å². The maximum Gasteiger partial charge on any atom is 0.306 e. The second-order valence-electron chi connectivity index (χ2n) is 7.49. The van der Waals surface area contributed by atoms with E-state index >= 15 is 0 Å². The molecular weight excluding hydrogens is 372 g/mol. The Hall–Kier alpha value is -3.26. The maximum absolute atomic E-state index is 11.2. The molecule has 1 saturated heterocycles. The van der Waals surface area contributed by atoms with E-state index in [1.54, 1.807) is 12.1 Å². The van der Waals surface area contributed by atoms with Crippen molar-refractivity contribution >= 4 is 17.3 Å². The van der Waals surface area contributed by atoms with E-state index in [1.807, 2.05) is 35.7 Å². The Morgan fingerprint density at radius 1 is 1.28 bits per heavy atom. The number of carbonyl (C=O) groups is 1. The molecule has 0 unspecified atom stereocenters. The standard InChI is InChI=1S/C21H22N4O4/c1-14-4-3-9-24-18(13-23-10-7-15(8-11-23)21(26)27)19(22-20(14)24)16-5-2-6-17(12-16)25(28)29/h2-6,9,12,15H,7-8,10-11,13H2,1H3,(H,26,27). The Morgan fingerprint density at radius 3 is 2.72 bits per heavy atom. The number of aromatic nitrogens is 2. The molecule has 0 amide bonds. The number of non-ortho nitro benzene ring substituents is 1. The first kappa shape index (κ1) is 19.1. The minimum absolute atomic E-state index is 0.0319. The second-order valence-corrected chi connectivity index (χ2v) is 7.49. The van der Waals surface area contributed by atoms with E-state index in [-0.39, 0.29) is 11.6 Å². The van der Waals surface area contributed by atoms with Crippen LogP contribution in [0.3, 0.4) is 0 Å². The topological polar surface area (TPSA) is 101 Å². The van der Waals surface area contributed by atoms with E-state index in [0.717, 1.165) is 22.6 Å². The van der Waals surface area contributed by atoms with Crippen molar-refractivity contribution in [2.45, 2.75) is 26.3 Å². The molecule has 8 nitrogen and oxygen atoms in total. The minimum Gasteiger partial charge on any atom is -0.481 e. The number of piperidine rings is 1. The first-order valence-corrected chi connectivity index (χ1v) is 9.60. The smallest absolute Gasteiger partial charge is 0.306 e. The third kappa shape index (κ3) is 3.71. The molecule has 0 aliphatic carbocycles. The Balaban J connectivity index is 1.73. The zero-order valence-corrected chi connectivity index (χ0v) is 16.1. The lowest BCUT2D eigenvalue weighted by Gasteiger charge is -2.30. The van der Waals surface area contributed by atoms with Crippen LogP contribution in [-0.4, -0.2) is 43.4 Å². The molecule has 1 N–H and O–H groups in total. The highest BCUT2D eigenvalue weighted by Crippen LogP contribution is 2.30. The lowest BCUT2D eigenvalue weighted by atomic mass is 9.97. The molecule has 3 aromatic rings. The number of aryl methyl sites for hydroxylation is 1. The Kier molecular flexibility index (Phi) is 5.02. The number of benzene rings is 1. The summed E-state index contributed by atoms with van der Waals surface area (Å²) >= 11 is 0. The van der Waals surface area contributed by atoms with Crippen LogP contribution >= 0.6 is 0 Å². The molecule has 150 valence electrons. The van der Waals surface area contributed by atoms with E-state index in [2.05, 4.69) is 4.90 Å². The fourth-order valence-electron chi connectivity index (χ4n) is 3.95. The van der Waals surface area contributed by atoms with Gasteiger partial charge in [-0.2, -0.15) is 0 Å². The number of fused-ring (bicyclic) bond motifs is 1. The van der Waals surface area contributed by atoms with E-state index in [0.29, 0.717) is 38.0 Å². The number of aliphatic carboxylic acids is 1. The molecule has 0 saturated carbocycles. The molecular formula is C21H22N4O4. The molecule has 1 aromatic carbocycles. The van der Waals surface area contributed by atoms with Crippen LogP contribution in [0.1, 0.15) is 24.1 Å². The largest absolute Gasteiger partial charge is 0.481 e. The van der Waals surface area contributed by atoms with Gasteiger partial charge in [0.05, 0.1) is 22.2 Å². The number of hydrogen-bond acceptors (Lipinski definition) is 5. The summed E-state index contributed by atoms with van der Waals surface area (Å²) in [4.78, 5) is 29.1. The summed E-state index contributed by atoms with van der Waals surface area (Å²) in [6, 6.07) is 10.5. The lowest BCUT2D eigenvalue weighted by Crippen LogP contribution is -2.36. The summed E-state index contributed by atoms with van der Waals surface area (Å²) < 4.78 is 2.03. The maximum atomic E-state index is 11.2. The number of nitro benzene ring substituents is 1. The van der Waals surface area contributed by atoms with Crippen molar-refractivity contribution in [1.82, 2.24) is 14.3 Å². The molecule has 0 radical (unpaired) electrons. The highest BCUT2D eigenvalue weighted by Gasteiger charge is 2.26. The molecule has 1 aliphatic rings. The number of hydrogen-bond donors (Lipinski definition) is 1. The molecule has 0 bridgehead atoms. The van der Waals surface area contributed by atoms with Crippen molar-refractivity contribution in [3.63, 3.8) is 0 Å². The fourth-order valence-corrected chi connectivity index (χ4v) is 3.95. The van der Waals surface area contributed by atoms with Crippen molar-refractivity contribution in [2.24, 2.45) is 5.92 Å². The zero-order chi connectivity index (χ0) is 20.5. The number of nitrogens with zero attached hydrogens (tertiary/aromatic N) is 4. The molecule has 8 heteroatoms. The van der Waals surface area contributed by atoms with Gasteiger partial charge in [0.15, 0.2) is 0 Å². The van der Waals surface area contributed by atoms with Crippen molar-refractivity contribution in [3.05, 3.63) is 64.0 Å². The summed E-state index contributed by atoms with van der Waals surface area (Å²) in [6.45, 7) is 3.99. The molecule has 29 heavy (non-hydrogen) atoms. The SMILES string of the molecule is Cc1cccn2c(CN3CCC(C(=O)O)CC3)c(-c3cccc([N+](=O)[O-])c3)nc12. The van der Waals surface area contributed by atoms with Crippen molar-refractivity contribution in [2.75, 3.05) is 13.1 Å². The fraction of sp³-hybridized carbons (Fsp3) is 0.333. The highest BCUT2D eigenvalue weighted by atomic mass is 16.6. The van der Waals surface area contributed by atoms with Crippen molar-refractivity contribution in [3.8, 4) is 11.3 Å². The van der Waals surface area contributed by atoms with Crippen LogP contribution in [0.4, 0.5) is 5.69 Å². The van der Waals surface area contributed by atoms with Crippen molar-refractivity contribution in [1.29, 1.82) is 0 Å². The van der Waals surface area contributed by atoms with Crippen LogP contribution in [0.2, 0.25) is 0 Å². The molecule has 3 heterocycles. The van der Waals surface area contributed by atoms with Gasteiger partial charge in [-0.25, -0.2) is 4.98 Å². The molecule has 1 aliphatic heterocycles. The number of carboxylic acids is 1. The van der Waals surface area contributed by atoms with Crippen LogP contribution in [0, 0.1) is 23.0 Å². The number of likely N-dealkylation sites (tertiary alicyclic amines) is 1. The predicted octanol–water partition coefficient (Wildman–Crippen LogP) is 3.51. The first-order valence-electron chi connectivity index (χ1n) is 9.60. The summed E-state index contributed by atoms with van der Waals surface area (Å²) in [7, 11) is 0. The number of nitro groups is 1. The Labute approximate surface area is 167 Å². The van der Waals surface area contributed by atoms with Gasteiger partial charge >= 0.3 is 5.97 Å². The van der Waals surface area contributed by atoms with Gasteiger partial charge in [0.25, 0.3) is 5.69 Å². The molecule has 2 aromatic heterocycles. The van der Waals surface area contributed by atoms with Crippen LogP contribution in [0.5, 0.6) is 0 Å². The number of pyridine rings is 1. The third-order valence-corrected chi connectivity index (χ3v) is 5.58. The number of carboxylic acid groups (broad SMARTS) is 1. The zero-order valence-electron chi connectivity index (χ0n) is 16.1. The van der Waals surface area contributed by atoms with Gasteiger partial charge in [0.2, 0.25) is 0 Å². The summed E-state index contributed by atoms with van der Waals surface area (Å²) in [6.07, 6.45) is 3.20. The average molecular weight is 394 g/mol. The van der Waals surface area contributed by atoms with Crippen LogP contribution in [-0.2, 0) is 11.3 Å². The monoisotopic (exact) mass is 394 g/mol. The number of rotatable bonds is 5. The summed E-state index contributed by atoms with van der Waals surface area (Å²) in [5, 5.41) is 20.5. The van der Waals surface area contributed by atoms with Crippen LogP contribution in [0.15, 0.2) is 42.6 Å². The molecule has 1 fully saturated rings.